The molecule has 2 N–H and O–H groups in total. The van der Waals surface area contributed by atoms with Crippen LogP contribution in [0.5, 0.6) is 5.75 Å². The number of piperidine rings is 1. The van der Waals surface area contributed by atoms with E-state index in [0.29, 0.717) is 22.7 Å². The first kappa shape index (κ1) is 31.9. The number of halogens is 3. The maximum atomic E-state index is 12.9. The molecule has 2 fully saturated rings. The minimum Gasteiger partial charge on any atom is -0.406 e. The van der Waals surface area contributed by atoms with Crippen LogP contribution in [0.25, 0.3) is 0 Å². The molecule has 5 rings (SSSR count). The summed E-state index contributed by atoms with van der Waals surface area (Å²) in [5.74, 6) is 0.841. The number of hydrogen-bond donors (Lipinski definition) is 2. The number of likely N-dealkylation sites (tertiary alicyclic amines) is 1. The molecule has 238 valence electrons. The van der Waals surface area contributed by atoms with E-state index in [1.54, 1.807) is 12.3 Å². The molecule has 0 radical (unpaired) electrons. The van der Waals surface area contributed by atoms with Crippen molar-refractivity contribution in [2.24, 2.45) is 5.92 Å². The number of alkyl halides is 3. The van der Waals surface area contributed by atoms with Crippen LogP contribution in [-0.4, -0.2) is 93.8 Å². The number of benzene rings is 1. The van der Waals surface area contributed by atoms with Crippen molar-refractivity contribution >= 4 is 33.3 Å². The highest BCUT2D eigenvalue weighted by atomic mass is 32.1. The number of carbonyl (C=O) groups excluding carboxylic acids is 1. The van der Waals surface area contributed by atoms with Crippen LogP contribution in [0.2, 0.25) is 0 Å². The molecule has 0 unspecified atom stereocenters. The van der Waals surface area contributed by atoms with Gasteiger partial charge in [0.2, 0.25) is 16.2 Å². The first-order valence-electron chi connectivity index (χ1n) is 14.7. The molecule has 0 saturated carbocycles. The van der Waals surface area contributed by atoms with Crippen LogP contribution in [0, 0.1) is 5.92 Å². The lowest BCUT2D eigenvalue weighted by Gasteiger charge is -2.45. The molecule has 2 aromatic heterocycles. The van der Waals surface area contributed by atoms with Crippen LogP contribution < -0.4 is 20.3 Å². The second-order valence-corrected chi connectivity index (χ2v) is 12.9. The van der Waals surface area contributed by atoms with Crippen molar-refractivity contribution in [1.82, 2.24) is 30.2 Å². The third-order valence-corrected chi connectivity index (χ3v) is 9.33. The summed E-state index contributed by atoms with van der Waals surface area (Å²) in [6.45, 7) is 8.34. The summed E-state index contributed by atoms with van der Waals surface area (Å²) in [6.07, 6.45) is -0.289. The van der Waals surface area contributed by atoms with Gasteiger partial charge in [-0.2, -0.15) is 5.10 Å². The topological polar surface area (TPSA) is 112 Å². The standard InChI is InChI=1S/C29H38F3N9O2S/c1-28(2,21-9-13-40(14-10-21)17-20-6-4-7-23(16-20)43-29(30,31)32)39(3)19-25(42)35-27-38-37-26(44-27)34-22-11-15-41(18-22)24-8-5-12-33-36-24/h4-8,12,16,21-22H,9-11,13-15,17-19H2,1-3H3,(H,34,37)(H,35,38,42)/t22-/m1/s1. The zero-order valence-electron chi connectivity index (χ0n) is 25.0. The second-order valence-electron chi connectivity index (χ2n) is 11.9. The first-order chi connectivity index (χ1) is 20.9. The summed E-state index contributed by atoms with van der Waals surface area (Å²) >= 11 is 1.31. The lowest BCUT2D eigenvalue weighted by atomic mass is 9.79. The Balaban J connectivity index is 1.05. The maximum Gasteiger partial charge on any atom is 0.573 e. The van der Waals surface area contributed by atoms with Gasteiger partial charge < -0.3 is 15.0 Å². The number of amides is 1. The molecule has 3 aromatic rings. The Morgan fingerprint density at radius 3 is 2.57 bits per heavy atom. The van der Waals surface area contributed by atoms with E-state index in [1.807, 2.05) is 25.2 Å². The number of nitrogens with zero attached hydrogens (tertiary/aromatic N) is 7. The fourth-order valence-electron chi connectivity index (χ4n) is 5.84. The van der Waals surface area contributed by atoms with Gasteiger partial charge in [0, 0.05) is 37.4 Å². The molecule has 0 spiro atoms. The molecule has 1 atom stereocenters. The molecule has 11 nitrogen and oxygen atoms in total. The summed E-state index contributed by atoms with van der Waals surface area (Å²) in [6, 6.07) is 10.2. The quantitative estimate of drug-likeness (QED) is 0.314. The van der Waals surface area contributed by atoms with E-state index in [2.05, 4.69) is 64.3 Å². The Morgan fingerprint density at radius 2 is 1.84 bits per heavy atom. The number of likely N-dealkylation sites (N-methyl/N-ethyl adjacent to an activating group) is 1. The number of aromatic nitrogens is 4. The van der Waals surface area contributed by atoms with Crippen molar-refractivity contribution < 1.29 is 22.7 Å². The summed E-state index contributed by atoms with van der Waals surface area (Å²) in [7, 11) is 1.95. The third-order valence-electron chi connectivity index (χ3n) is 8.56. The van der Waals surface area contributed by atoms with Crippen LogP contribution in [0.4, 0.5) is 29.3 Å². The SMILES string of the molecule is CN(CC(=O)Nc1nnc(N[C@@H]2CCN(c3cccnn3)C2)s1)C(C)(C)C1CCN(Cc2cccc(OC(F)(F)F)c2)CC1. The predicted molar refractivity (Wildman–Crippen MR) is 163 cm³/mol. The van der Waals surface area contributed by atoms with Crippen molar-refractivity contribution in [1.29, 1.82) is 0 Å². The van der Waals surface area contributed by atoms with E-state index >= 15 is 0 Å². The van der Waals surface area contributed by atoms with Crippen molar-refractivity contribution in [2.75, 3.05) is 55.3 Å². The Kier molecular flexibility index (Phi) is 9.85. The van der Waals surface area contributed by atoms with Gasteiger partial charge in [-0.05, 0) is 89.0 Å². The summed E-state index contributed by atoms with van der Waals surface area (Å²) in [5, 5.41) is 23.9. The first-order valence-corrected chi connectivity index (χ1v) is 15.5. The third kappa shape index (κ3) is 8.54. The van der Waals surface area contributed by atoms with Gasteiger partial charge in [0.05, 0.1) is 6.54 Å². The van der Waals surface area contributed by atoms with Crippen molar-refractivity contribution in [3.63, 3.8) is 0 Å². The van der Waals surface area contributed by atoms with Crippen LogP contribution in [0.1, 0.15) is 38.7 Å². The molecule has 1 aromatic carbocycles. The average molecular weight is 634 g/mol. The van der Waals surface area contributed by atoms with E-state index < -0.39 is 6.36 Å². The highest BCUT2D eigenvalue weighted by Crippen LogP contribution is 2.33. The van der Waals surface area contributed by atoms with Crippen molar-refractivity contribution in [3.05, 3.63) is 48.2 Å². The molecule has 0 aliphatic carbocycles. The fraction of sp³-hybridized carbons (Fsp3) is 0.552. The number of hydrogen-bond acceptors (Lipinski definition) is 11. The van der Waals surface area contributed by atoms with E-state index in [4.69, 9.17) is 0 Å². The van der Waals surface area contributed by atoms with Crippen molar-refractivity contribution in [3.8, 4) is 5.75 Å². The van der Waals surface area contributed by atoms with Gasteiger partial charge in [0.25, 0.3) is 0 Å². The molecular formula is C29H38F3N9O2S. The maximum absolute atomic E-state index is 12.9. The molecule has 0 bridgehead atoms. The normalized spacial score (nSPS) is 18.5. The molecule has 1 amide bonds. The van der Waals surface area contributed by atoms with Crippen LogP contribution in [-0.2, 0) is 11.3 Å². The fourth-order valence-corrected chi connectivity index (χ4v) is 6.58. The van der Waals surface area contributed by atoms with E-state index in [9.17, 15) is 18.0 Å². The van der Waals surface area contributed by atoms with Gasteiger partial charge in [-0.1, -0.05) is 23.5 Å². The monoisotopic (exact) mass is 633 g/mol. The highest BCUT2D eigenvalue weighted by molar-refractivity contribution is 7.19. The molecule has 4 heterocycles. The molecular weight excluding hydrogens is 595 g/mol. The lowest BCUT2D eigenvalue weighted by Crippen LogP contribution is -2.52. The smallest absolute Gasteiger partial charge is 0.406 e. The Hall–Kier alpha value is -3.56. The summed E-state index contributed by atoms with van der Waals surface area (Å²) in [5.41, 5.74) is 0.537. The van der Waals surface area contributed by atoms with Gasteiger partial charge in [0.15, 0.2) is 5.82 Å². The summed E-state index contributed by atoms with van der Waals surface area (Å²) < 4.78 is 41.8. The minimum absolute atomic E-state index is 0.156. The van der Waals surface area contributed by atoms with E-state index in [-0.39, 0.29) is 29.8 Å². The molecule has 2 aliphatic rings. The van der Waals surface area contributed by atoms with Gasteiger partial charge in [0.1, 0.15) is 5.75 Å². The van der Waals surface area contributed by atoms with E-state index in [1.165, 1.54) is 23.5 Å². The van der Waals surface area contributed by atoms with Gasteiger partial charge in [-0.25, -0.2) is 0 Å². The van der Waals surface area contributed by atoms with Gasteiger partial charge >= 0.3 is 6.36 Å². The largest absolute Gasteiger partial charge is 0.573 e. The Morgan fingerprint density at radius 1 is 1.07 bits per heavy atom. The van der Waals surface area contributed by atoms with E-state index in [0.717, 1.165) is 56.8 Å². The average Bonchev–Trinajstić information content (AvgIpc) is 3.62. The number of carbonyl (C=O) groups is 1. The zero-order chi connectivity index (χ0) is 31.3. The van der Waals surface area contributed by atoms with Crippen LogP contribution in [0.15, 0.2) is 42.6 Å². The molecule has 44 heavy (non-hydrogen) atoms. The number of ether oxygens (including phenoxy) is 1. The predicted octanol–water partition coefficient (Wildman–Crippen LogP) is 4.48. The van der Waals surface area contributed by atoms with Crippen LogP contribution in [0.3, 0.4) is 0 Å². The lowest BCUT2D eigenvalue weighted by molar-refractivity contribution is -0.274. The minimum atomic E-state index is -4.71. The number of anilines is 3. The number of rotatable bonds is 11. The zero-order valence-corrected chi connectivity index (χ0v) is 25.9. The molecule has 2 saturated heterocycles. The highest BCUT2D eigenvalue weighted by Gasteiger charge is 2.36. The van der Waals surface area contributed by atoms with Gasteiger partial charge in [-0.15, -0.1) is 28.5 Å². The Labute approximate surface area is 258 Å². The van der Waals surface area contributed by atoms with Gasteiger partial charge in [-0.3, -0.25) is 19.9 Å². The number of nitrogens with one attached hydrogen (secondary N) is 2. The molecule has 2 aliphatic heterocycles. The Bertz CT molecular complexity index is 1380. The summed E-state index contributed by atoms with van der Waals surface area (Å²) in [4.78, 5) is 19.4. The molecule has 15 heteroatoms. The second kappa shape index (κ2) is 13.6. The van der Waals surface area contributed by atoms with Crippen LogP contribution >= 0.6 is 11.3 Å². The van der Waals surface area contributed by atoms with Crippen molar-refractivity contribution in [2.45, 2.75) is 57.6 Å².